The maximum atomic E-state index is 12.5. The van der Waals surface area contributed by atoms with E-state index < -0.39 is 13.7 Å². The van der Waals surface area contributed by atoms with Crippen molar-refractivity contribution in [1.29, 1.82) is 0 Å². The van der Waals surface area contributed by atoms with Crippen molar-refractivity contribution < 1.29 is 18.6 Å². The summed E-state index contributed by atoms with van der Waals surface area (Å²) in [5, 5.41) is 6.54. The summed E-state index contributed by atoms with van der Waals surface area (Å²) in [7, 11) is 0. The molecular formula is C46H50O4P2. The molecule has 0 aliphatic carbocycles. The van der Waals surface area contributed by atoms with Crippen molar-refractivity contribution >= 4 is 57.4 Å². The van der Waals surface area contributed by atoms with Gasteiger partial charge in [0.1, 0.15) is 0 Å². The van der Waals surface area contributed by atoms with Gasteiger partial charge < -0.3 is 0 Å². The molecule has 0 amide bonds. The minimum atomic E-state index is -3.40. The monoisotopic (exact) mass is 728 g/mol. The van der Waals surface area contributed by atoms with E-state index in [0.29, 0.717) is 0 Å². The molecule has 0 aromatic heterocycles. The van der Waals surface area contributed by atoms with Crippen LogP contribution in [-0.4, -0.2) is 24.3 Å². The molecule has 0 fully saturated rings. The molecule has 0 saturated heterocycles. The number of benzene rings is 6. The third-order valence-electron chi connectivity index (χ3n) is 9.77. The number of hydrogen-bond donors (Lipinski definition) is 0. The second-order valence-electron chi connectivity index (χ2n) is 13.1. The molecule has 6 heteroatoms. The van der Waals surface area contributed by atoms with E-state index in [9.17, 15) is 9.59 Å². The first-order valence-corrected chi connectivity index (χ1v) is 22.7. The van der Waals surface area contributed by atoms with Crippen LogP contribution in [-0.2, 0) is 18.6 Å². The van der Waals surface area contributed by atoms with Crippen LogP contribution in [0.2, 0.25) is 0 Å². The molecule has 0 saturated carbocycles. The Labute approximate surface area is 309 Å². The SMILES string of the molecule is CCCP(OC(C)=O)(c1ccccc1)(c1ccccc1)c1ccccc1.CCCP(OC(C)=O)(c1ccccc1)(c1ccccc1)c1ccccc1. The van der Waals surface area contributed by atoms with Crippen LogP contribution >= 0.6 is 13.7 Å². The van der Waals surface area contributed by atoms with Crippen LogP contribution < -0.4 is 31.8 Å². The molecule has 6 aromatic rings. The first kappa shape index (κ1) is 38.4. The van der Waals surface area contributed by atoms with Gasteiger partial charge in [0.25, 0.3) is 0 Å². The van der Waals surface area contributed by atoms with Gasteiger partial charge in [-0.1, -0.05) is 0 Å². The van der Waals surface area contributed by atoms with Gasteiger partial charge in [-0.05, 0) is 0 Å². The zero-order chi connectivity index (χ0) is 37.0. The summed E-state index contributed by atoms with van der Waals surface area (Å²) < 4.78 is 13.0. The predicted molar refractivity (Wildman–Crippen MR) is 224 cm³/mol. The van der Waals surface area contributed by atoms with Gasteiger partial charge in [-0.15, -0.1) is 0 Å². The van der Waals surface area contributed by atoms with Crippen LogP contribution in [0.1, 0.15) is 40.5 Å². The Kier molecular flexibility index (Phi) is 12.3. The van der Waals surface area contributed by atoms with Crippen LogP contribution in [0.4, 0.5) is 0 Å². The quantitative estimate of drug-likeness (QED) is 0.118. The van der Waals surface area contributed by atoms with Crippen molar-refractivity contribution in [3.8, 4) is 0 Å². The molecule has 6 rings (SSSR count). The average Bonchev–Trinajstić information content (AvgIpc) is 3.19. The molecule has 0 unspecified atom stereocenters. The molecule has 0 aliphatic rings. The molecule has 0 heterocycles. The summed E-state index contributed by atoms with van der Waals surface area (Å²) in [4.78, 5) is 24.9. The fourth-order valence-corrected chi connectivity index (χ4v) is 19.8. The van der Waals surface area contributed by atoms with E-state index in [4.69, 9.17) is 9.05 Å². The summed E-state index contributed by atoms with van der Waals surface area (Å²) >= 11 is 0. The van der Waals surface area contributed by atoms with E-state index in [1.807, 2.05) is 109 Å². The minimum absolute atomic E-state index is 0.243. The number of rotatable bonds is 12. The molecule has 4 nitrogen and oxygen atoms in total. The van der Waals surface area contributed by atoms with Crippen molar-refractivity contribution in [2.45, 2.75) is 40.5 Å². The van der Waals surface area contributed by atoms with Gasteiger partial charge in [-0.2, -0.15) is 0 Å². The normalized spacial score (nSPS) is 12.8. The van der Waals surface area contributed by atoms with E-state index in [2.05, 4.69) is 86.6 Å². The fourth-order valence-electron chi connectivity index (χ4n) is 7.96. The van der Waals surface area contributed by atoms with Crippen LogP contribution in [0.15, 0.2) is 182 Å². The van der Waals surface area contributed by atoms with Gasteiger partial charge in [0.2, 0.25) is 0 Å². The van der Waals surface area contributed by atoms with Gasteiger partial charge in [0, 0.05) is 0 Å². The fraction of sp³-hybridized carbons (Fsp3) is 0.174. The summed E-state index contributed by atoms with van der Waals surface area (Å²) in [6.07, 6.45) is 3.38. The van der Waals surface area contributed by atoms with Crippen LogP contribution in [0.25, 0.3) is 0 Å². The molecule has 0 radical (unpaired) electrons. The topological polar surface area (TPSA) is 52.6 Å². The van der Waals surface area contributed by atoms with Crippen LogP contribution in [0, 0.1) is 0 Å². The third kappa shape index (κ3) is 6.86. The van der Waals surface area contributed by atoms with Crippen molar-refractivity contribution in [3.63, 3.8) is 0 Å². The van der Waals surface area contributed by atoms with Crippen molar-refractivity contribution in [3.05, 3.63) is 182 Å². The van der Waals surface area contributed by atoms with Crippen molar-refractivity contribution in [2.75, 3.05) is 12.3 Å². The Balaban J connectivity index is 0.000000201. The number of hydrogen-bond acceptors (Lipinski definition) is 4. The molecule has 52 heavy (non-hydrogen) atoms. The first-order chi connectivity index (χ1) is 25.3. The zero-order valence-corrected chi connectivity index (χ0v) is 32.5. The standard InChI is InChI=1S/2C23H25O2P/c2*1-3-19-26(25-20(2)24,21-13-7-4-8-14-21,22-15-9-5-10-16-22)23-17-11-6-12-18-23/h2*4-18H,3,19H2,1-2H3. The van der Waals surface area contributed by atoms with Gasteiger partial charge in [0.05, 0.1) is 0 Å². The second kappa shape index (κ2) is 16.6. The molecule has 0 aliphatic heterocycles. The Bertz CT molecular complexity index is 1670. The summed E-state index contributed by atoms with van der Waals surface area (Å²) in [5.41, 5.74) is 0. The Morgan fingerprint density at radius 1 is 0.365 bits per heavy atom. The van der Waals surface area contributed by atoms with Crippen LogP contribution in [0.5, 0.6) is 0 Å². The van der Waals surface area contributed by atoms with Crippen LogP contribution in [0.3, 0.4) is 0 Å². The summed E-state index contributed by atoms with van der Waals surface area (Å²) in [6, 6.07) is 61.7. The molecule has 268 valence electrons. The van der Waals surface area contributed by atoms with Gasteiger partial charge in [-0.3, -0.25) is 0 Å². The Morgan fingerprint density at radius 3 is 0.673 bits per heavy atom. The Morgan fingerprint density at radius 2 is 0.538 bits per heavy atom. The first-order valence-electron chi connectivity index (χ1n) is 18.0. The Hall–Kier alpha value is -4.88. The predicted octanol–water partition coefficient (Wildman–Crippen LogP) is 8.81. The molecular weight excluding hydrogens is 678 g/mol. The number of carbonyl (C=O) groups excluding carboxylic acids is 2. The van der Waals surface area contributed by atoms with E-state index in [1.165, 1.54) is 13.8 Å². The number of carbonyl (C=O) groups is 2. The molecule has 0 spiro atoms. The van der Waals surface area contributed by atoms with Crippen molar-refractivity contribution in [2.24, 2.45) is 0 Å². The molecule has 0 N–H and O–H groups in total. The maximum absolute atomic E-state index is 12.5. The third-order valence-corrected chi connectivity index (χ3v) is 22.0. The second-order valence-corrected chi connectivity index (χ2v) is 22.3. The van der Waals surface area contributed by atoms with E-state index in [0.717, 1.165) is 57.0 Å². The average molecular weight is 729 g/mol. The van der Waals surface area contributed by atoms with E-state index in [1.54, 1.807) is 0 Å². The van der Waals surface area contributed by atoms with Gasteiger partial charge in [-0.25, -0.2) is 0 Å². The van der Waals surface area contributed by atoms with E-state index in [-0.39, 0.29) is 11.9 Å². The zero-order valence-electron chi connectivity index (χ0n) is 30.7. The molecule has 0 bridgehead atoms. The summed E-state index contributed by atoms with van der Waals surface area (Å²) in [5.74, 6) is -0.486. The van der Waals surface area contributed by atoms with E-state index >= 15 is 0 Å². The van der Waals surface area contributed by atoms with Gasteiger partial charge in [0.15, 0.2) is 0 Å². The van der Waals surface area contributed by atoms with Crippen molar-refractivity contribution in [1.82, 2.24) is 0 Å². The molecule has 0 atom stereocenters. The summed E-state index contributed by atoms with van der Waals surface area (Å²) in [6.45, 7) is 0.544. The van der Waals surface area contributed by atoms with Gasteiger partial charge >= 0.3 is 311 Å². The molecule has 6 aromatic carbocycles.